The van der Waals surface area contributed by atoms with Gasteiger partial charge >= 0.3 is 0 Å². The first-order valence-corrected chi connectivity index (χ1v) is 10.2. The van der Waals surface area contributed by atoms with Crippen LogP contribution in [0.3, 0.4) is 0 Å². The molecule has 2 aromatic carbocycles. The highest BCUT2D eigenvalue weighted by Crippen LogP contribution is 2.13. The van der Waals surface area contributed by atoms with Crippen molar-refractivity contribution in [3.8, 4) is 5.75 Å². The average Bonchev–Trinajstić information content (AvgIpc) is 3.26. The predicted molar refractivity (Wildman–Crippen MR) is 119 cm³/mol. The Morgan fingerprint density at radius 3 is 2.50 bits per heavy atom. The van der Waals surface area contributed by atoms with Crippen LogP contribution in [0.1, 0.15) is 28.8 Å². The quantitative estimate of drug-likeness (QED) is 0.589. The Labute approximate surface area is 181 Å². The third-order valence-electron chi connectivity index (χ3n) is 4.70. The maximum atomic E-state index is 12.2. The lowest BCUT2D eigenvalue weighted by molar-refractivity contribution is -0.119. The topological polar surface area (TPSA) is 88.7 Å². The van der Waals surface area contributed by atoms with E-state index in [1.165, 1.54) is 0 Å². The van der Waals surface area contributed by atoms with E-state index in [0.717, 1.165) is 30.8 Å². The zero-order valence-electron chi connectivity index (χ0n) is 16.8. The Hall–Kier alpha value is -2.97. The molecule has 1 fully saturated rings. The van der Waals surface area contributed by atoms with E-state index in [-0.39, 0.29) is 29.5 Å². The van der Waals surface area contributed by atoms with Crippen LogP contribution in [0.4, 0.5) is 5.69 Å². The standard InChI is InChI=1S/C22H25N3O4S/c1-28-18-10-4-15(5-11-18)13-20(26)25-22(30)24-17-8-6-16(7-9-17)21(27)23-14-19-3-2-12-29-19/h4-11,19H,2-3,12-14H2,1H3,(H,23,27)(H2,24,25,26,30). The first-order valence-electron chi connectivity index (χ1n) is 9.77. The van der Waals surface area contributed by atoms with Crippen molar-refractivity contribution in [3.63, 3.8) is 0 Å². The molecule has 3 N–H and O–H groups in total. The number of carbonyl (C=O) groups excluding carboxylic acids is 2. The summed E-state index contributed by atoms with van der Waals surface area (Å²) in [4.78, 5) is 24.4. The number of amides is 2. The van der Waals surface area contributed by atoms with Gasteiger partial charge in [0.25, 0.3) is 5.91 Å². The minimum atomic E-state index is -0.220. The fourth-order valence-corrected chi connectivity index (χ4v) is 3.31. The van der Waals surface area contributed by atoms with Gasteiger partial charge in [-0.1, -0.05) is 12.1 Å². The highest BCUT2D eigenvalue weighted by molar-refractivity contribution is 7.80. The summed E-state index contributed by atoms with van der Waals surface area (Å²) in [6, 6.07) is 14.2. The lowest BCUT2D eigenvalue weighted by atomic mass is 10.1. The molecule has 1 aliphatic heterocycles. The Morgan fingerprint density at radius 2 is 1.87 bits per heavy atom. The van der Waals surface area contributed by atoms with Crippen LogP contribution < -0.4 is 20.7 Å². The Balaban J connectivity index is 1.43. The molecule has 1 heterocycles. The average molecular weight is 428 g/mol. The predicted octanol–water partition coefficient (Wildman–Crippen LogP) is 2.66. The molecule has 7 nitrogen and oxygen atoms in total. The molecule has 1 aliphatic rings. The maximum Gasteiger partial charge on any atom is 0.251 e. The van der Waals surface area contributed by atoms with E-state index in [0.29, 0.717) is 17.8 Å². The first-order chi connectivity index (χ1) is 14.5. The number of hydrogen-bond acceptors (Lipinski definition) is 5. The second-order valence-corrected chi connectivity index (χ2v) is 7.36. The summed E-state index contributed by atoms with van der Waals surface area (Å²) >= 11 is 5.20. The van der Waals surface area contributed by atoms with E-state index >= 15 is 0 Å². The molecule has 0 aromatic heterocycles. The van der Waals surface area contributed by atoms with Crippen LogP contribution >= 0.6 is 12.2 Å². The van der Waals surface area contributed by atoms with Crippen LogP contribution in [0.25, 0.3) is 0 Å². The number of thiocarbonyl (C=S) groups is 1. The van der Waals surface area contributed by atoms with Gasteiger partial charge in [-0.3, -0.25) is 9.59 Å². The van der Waals surface area contributed by atoms with Gasteiger partial charge < -0.3 is 25.4 Å². The number of hydrogen-bond donors (Lipinski definition) is 3. The largest absolute Gasteiger partial charge is 0.497 e. The van der Waals surface area contributed by atoms with Crippen molar-refractivity contribution in [1.82, 2.24) is 10.6 Å². The van der Waals surface area contributed by atoms with E-state index in [4.69, 9.17) is 21.7 Å². The first kappa shape index (κ1) is 21.7. The van der Waals surface area contributed by atoms with Crippen molar-refractivity contribution in [1.29, 1.82) is 0 Å². The molecule has 0 spiro atoms. The fraction of sp³-hybridized carbons (Fsp3) is 0.318. The monoisotopic (exact) mass is 427 g/mol. The molecular weight excluding hydrogens is 402 g/mol. The highest BCUT2D eigenvalue weighted by atomic mass is 32.1. The van der Waals surface area contributed by atoms with Gasteiger partial charge in [-0.05, 0) is 67.0 Å². The molecule has 1 saturated heterocycles. The van der Waals surface area contributed by atoms with Gasteiger partial charge in [0.2, 0.25) is 5.91 Å². The summed E-state index contributed by atoms with van der Waals surface area (Å²) in [7, 11) is 1.59. The zero-order valence-corrected chi connectivity index (χ0v) is 17.6. The molecule has 3 rings (SSSR count). The van der Waals surface area contributed by atoms with Crippen LogP contribution in [0.5, 0.6) is 5.75 Å². The third kappa shape index (κ3) is 6.53. The minimum Gasteiger partial charge on any atom is -0.497 e. The smallest absolute Gasteiger partial charge is 0.251 e. The molecule has 158 valence electrons. The SMILES string of the molecule is COc1ccc(CC(=O)NC(=S)Nc2ccc(C(=O)NCC3CCCO3)cc2)cc1. The van der Waals surface area contributed by atoms with Crippen molar-refractivity contribution < 1.29 is 19.1 Å². The van der Waals surface area contributed by atoms with Crippen LogP contribution in [0, 0.1) is 0 Å². The number of carbonyl (C=O) groups is 2. The van der Waals surface area contributed by atoms with Gasteiger partial charge in [0.1, 0.15) is 5.75 Å². The molecule has 0 bridgehead atoms. The molecule has 0 aliphatic carbocycles. The summed E-state index contributed by atoms with van der Waals surface area (Å²) in [5.41, 5.74) is 2.09. The van der Waals surface area contributed by atoms with Gasteiger partial charge in [0.05, 0.1) is 19.6 Å². The van der Waals surface area contributed by atoms with Crippen LogP contribution in [-0.2, 0) is 16.0 Å². The van der Waals surface area contributed by atoms with Crippen molar-refractivity contribution >= 4 is 34.8 Å². The lowest BCUT2D eigenvalue weighted by Crippen LogP contribution is -2.35. The Kier molecular flexibility index (Phi) is 7.75. The van der Waals surface area contributed by atoms with Gasteiger partial charge in [0.15, 0.2) is 5.11 Å². The second kappa shape index (κ2) is 10.7. The van der Waals surface area contributed by atoms with Crippen molar-refractivity contribution in [2.24, 2.45) is 0 Å². The van der Waals surface area contributed by atoms with Crippen molar-refractivity contribution in [2.75, 3.05) is 25.6 Å². The van der Waals surface area contributed by atoms with Crippen molar-refractivity contribution in [2.45, 2.75) is 25.4 Å². The van der Waals surface area contributed by atoms with E-state index in [9.17, 15) is 9.59 Å². The lowest BCUT2D eigenvalue weighted by Gasteiger charge is -2.12. The highest BCUT2D eigenvalue weighted by Gasteiger charge is 2.16. The number of ether oxygens (including phenoxy) is 2. The van der Waals surface area contributed by atoms with Gasteiger partial charge in [0, 0.05) is 24.4 Å². The Bertz CT molecular complexity index is 878. The third-order valence-corrected chi connectivity index (χ3v) is 4.90. The second-order valence-electron chi connectivity index (χ2n) is 6.95. The van der Waals surface area contributed by atoms with E-state index in [2.05, 4.69) is 16.0 Å². The summed E-state index contributed by atoms with van der Waals surface area (Å²) in [5, 5.41) is 8.68. The molecule has 1 unspecified atom stereocenters. The van der Waals surface area contributed by atoms with E-state index in [1.807, 2.05) is 12.1 Å². The molecular formula is C22H25N3O4S. The number of rotatable bonds is 7. The van der Waals surface area contributed by atoms with Crippen LogP contribution in [0.15, 0.2) is 48.5 Å². The van der Waals surface area contributed by atoms with Gasteiger partial charge in [-0.2, -0.15) is 0 Å². The molecule has 0 radical (unpaired) electrons. The number of nitrogens with one attached hydrogen (secondary N) is 3. The summed E-state index contributed by atoms with van der Waals surface area (Å²) < 4.78 is 10.6. The zero-order chi connectivity index (χ0) is 21.3. The number of methoxy groups -OCH3 is 1. The van der Waals surface area contributed by atoms with Crippen molar-refractivity contribution in [3.05, 3.63) is 59.7 Å². The molecule has 30 heavy (non-hydrogen) atoms. The maximum absolute atomic E-state index is 12.2. The van der Waals surface area contributed by atoms with Crippen LogP contribution in [-0.4, -0.2) is 43.3 Å². The molecule has 2 amide bonds. The summed E-state index contributed by atoms with van der Waals surface area (Å²) in [6.45, 7) is 1.28. The molecule has 1 atom stereocenters. The molecule has 0 saturated carbocycles. The summed E-state index contributed by atoms with van der Waals surface area (Å²) in [5.74, 6) is 0.371. The van der Waals surface area contributed by atoms with Gasteiger partial charge in [-0.25, -0.2) is 0 Å². The number of anilines is 1. The van der Waals surface area contributed by atoms with E-state index < -0.39 is 0 Å². The normalized spacial score (nSPS) is 15.3. The fourth-order valence-electron chi connectivity index (χ4n) is 3.08. The molecule has 8 heteroatoms. The van der Waals surface area contributed by atoms with Crippen LogP contribution in [0.2, 0.25) is 0 Å². The molecule has 2 aromatic rings. The number of benzene rings is 2. The minimum absolute atomic E-state index is 0.105. The summed E-state index contributed by atoms with van der Waals surface area (Å²) in [6.07, 6.45) is 2.33. The van der Waals surface area contributed by atoms with E-state index in [1.54, 1.807) is 43.5 Å². The Morgan fingerprint density at radius 1 is 1.13 bits per heavy atom. The van der Waals surface area contributed by atoms with Gasteiger partial charge in [-0.15, -0.1) is 0 Å².